The van der Waals surface area contributed by atoms with Crippen LogP contribution in [0.2, 0.25) is 10.0 Å². The monoisotopic (exact) mass is 673 g/mol. The number of benzene rings is 3. The van der Waals surface area contributed by atoms with Gasteiger partial charge in [0.25, 0.3) is 11.8 Å². The zero-order valence-corrected chi connectivity index (χ0v) is 26.6. The minimum Gasteiger partial charge on any atom is -0.409 e. The van der Waals surface area contributed by atoms with Gasteiger partial charge in [0.2, 0.25) is 10.0 Å². The third-order valence-corrected chi connectivity index (χ3v) is 9.43. The molecule has 1 heterocycles. The van der Waals surface area contributed by atoms with E-state index in [1.54, 1.807) is 71.6 Å². The van der Waals surface area contributed by atoms with Gasteiger partial charge in [-0.15, -0.1) is 0 Å². The van der Waals surface area contributed by atoms with Gasteiger partial charge in [0.15, 0.2) is 5.84 Å². The van der Waals surface area contributed by atoms with Gasteiger partial charge in [0.05, 0.1) is 24.8 Å². The lowest BCUT2D eigenvalue weighted by Crippen LogP contribution is -2.59. The summed E-state index contributed by atoms with van der Waals surface area (Å²) in [4.78, 5) is 35.8. The van der Waals surface area contributed by atoms with E-state index in [1.165, 1.54) is 0 Å². The Hall–Kier alpha value is -3.68. The third-order valence-electron chi connectivity index (χ3n) is 8.13. The molecule has 4 atom stereocenters. The highest BCUT2D eigenvalue weighted by molar-refractivity contribution is 7.88. The number of oxime groups is 1. The molecule has 5 rings (SSSR count). The predicted octanol–water partition coefficient (Wildman–Crippen LogP) is 4.48. The van der Waals surface area contributed by atoms with E-state index in [-0.39, 0.29) is 23.4 Å². The van der Waals surface area contributed by atoms with Crippen LogP contribution < -0.4 is 15.9 Å². The zero-order chi connectivity index (χ0) is 32.3. The summed E-state index contributed by atoms with van der Waals surface area (Å²) in [6.45, 7) is -0.0371. The van der Waals surface area contributed by atoms with Crippen molar-refractivity contribution in [3.63, 3.8) is 0 Å². The van der Waals surface area contributed by atoms with E-state index < -0.39 is 40.0 Å². The molecule has 14 heteroatoms. The van der Waals surface area contributed by atoms with Crippen LogP contribution in [0.1, 0.15) is 70.3 Å². The number of nitrogens with one attached hydrogen (secondary N) is 2. The maximum absolute atomic E-state index is 14.3. The maximum Gasteiger partial charge on any atom is 0.255 e. The molecular weight excluding hydrogens is 641 g/mol. The van der Waals surface area contributed by atoms with Crippen LogP contribution in [0.3, 0.4) is 0 Å². The standard InChI is InChI=1S/C31H33Cl2N5O6S/c1-45(42,43)37-25-11-4-5-12-26(25)38-28(23-14-13-20(32)16-24(23)33)27(21-9-2-3-10-22(21)31(38)40)30(39)36-44-17-18-7-6-8-19(15-18)29(34)35-41/h2-3,6-10,13-16,25-28,37,41H,4-5,11-12,17H2,1H3,(H2,34,35)(H,36,39)/t25-,26-,27+,28-/m0/s1. The molecule has 0 bridgehead atoms. The SMILES string of the molecule is CS(=O)(=O)N[C@H]1CCCC[C@@H]1N1C(=O)c2ccccc2[C@@H](C(=O)NOCc2cccc(C(N)=NO)c2)[C@@H]1c1ccc(Cl)cc1Cl. The third kappa shape index (κ3) is 7.26. The average molecular weight is 675 g/mol. The fourth-order valence-corrected chi connectivity index (χ4v) is 7.61. The van der Waals surface area contributed by atoms with Crippen LogP contribution in [0, 0.1) is 0 Å². The number of hydroxylamine groups is 1. The lowest BCUT2D eigenvalue weighted by atomic mass is 9.76. The Morgan fingerprint density at radius 2 is 1.82 bits per heavy atom. The van der Waals surface area contributed by atoms with Crippen LogP contribution in [0.15, 0.2) is 71.9 Å². The van der Waals surface area contributed by atoms with Crippen molar-refractivity contribution in [2.45, 2.75) is 56.3 Å². The van der Waals surface area contributed by atoms with Crippen LogP contribution in [-0.2, 0) is 26.3 Å². The minimum absolute atomic E-state index is 0.0371. The molecule has 0 spiro atoms. The van der Waals surface area contributed by atoms with Gasteiger partial charge in [-0.25, -0.2) is 18.6 Å². The first kappa shape index (κ1) is 32.7. The van der Waals surface area contributed by atoms with Gasteiger partial charge < -0.3 is 15.8 Å². The molecule has 2 aliphatic rings. The highest BCUT2D eigenvalue weighted by atomic mass is 35.5. The molecule has 3 aromatic carbocycles. The Labute approximate surface area is 271 Å². The van der Waals surface area contributed by atoms with Crippen molar-refractivity contribution < 1.29 is 28.1 Å². The number of hydrogen-bond donors (Lipinski definition) is 4. The van der Waals surface area contributed by atoms with E-state index in [0.29, 0.717) is 45.7 Å². The summed E-state index contributed by atoms with van der Waals surface area (Å²) in [5.41, 5.74) is 10.7. The molecule has 45 heavy (non-hydrogen) atoms. The summed E-state index contributed by atoms with van der Waals surface area (Å²) in [5, 5.41) is 12.7. The highest BCUT2D eigenvalue weighted by Gasteiger charge is 2.49. The van der Waals surface area contributed by atoms with E-state index in [2.05, 4.69) is 15.4 Å². The Bertz CT molecular complexity index is 1740. The summed E-state index contributed by atoms with van der Waals surface area (Å²) in [5.74, 6) is -1.92. The number of carbonyl (C=O) groups is 2. The van der Waals surface area contributed by atoms with Gasteiger partial charge in [-0.2, -0.15) is 0 Å². The number of nitrogens with zero attached hydrogens (tertiary/aromatic N) is 2. The van der Waals surface area contributed by atoms with Crippen LogP contribution in [0.25, 0.3) is 0 Å². The van der Waals surface area contributed by atoms with E-state index in [0.717, 1.165) is 19.1 Å². The largest absolute Gasteiger partial charge is 0.409 e. The number of carbonyl (C=O) groups excluding carboxylic acids is 2. The Balaban J connectivity index is 1.55. The fourth-order valence-electron chi connectivity index (χ4n) is 6.26. The number of halogens is 2. The lowest BCUT2D eigenvalue weighted by molar-refractivity contribution is -0.138. The van der Waals surface area contributed by atoms with Crippen molar-refractivity contribution in [2.24, 2.45) is 10.9 Å². The van der Waals surface area contributed by atoms with E-state index in [9.17, 15) is 18.0 Å². The molecular formula is C31H33Cl2N5O6S. The Morgan fingerprint density at radius 1 is 1.07 bits per heavy atom. The topological polar surface area (TPSA) is 163 Å². The molecule has 1 aliphatic carbocycles. The molecule has 3 aromatic rings. The molecule has 5 N–H and O–H groups in total. The summed E-state index contributed by atoms with van der Waals surface area (Å²) in [6, 6.07) is 16.4. The van der Waals surface area contributed by atoms with Gasteiger partial charge in [0, 0.05) is 33.3 Å². The molecule has 1 fully saturated rings. The van der Waals surface area contributed by atoms with Crippen molar-refractivity contribution in [1.82, 2.24) is 15.1 Å². The summed E-state index contributed by atoms with van der Waals surface area (Å²) in [7, 11) is -3.61. The number of rotatable bonds is 9. The number of fused-ring (bicyclic) bond motifs is 1. The predicted molar refractivity (Wildman–Crippen MR) is 170 cm³/mol. The number of hydrogen-bond acceptors (Lipinski definition) is 7. The summed E-state index contributed by atoms with van der Waals surface area (Å²) >= 11 is 13.0. The van der Waals surface area contributed by atoms with Crippen LogP contribution in [-0.4, -0.2) is 54.5 Å². The second-order valence-electron chi connectivity index (χ2n) is 11.2. The first-order valence-corrected chi connectivity index (χ1v) is 17.0. The molecule has 11 nitrogen and oxygen atoms in total. The molecule has 2 amide bonds. The van der Waals surface area contributed by atoms with Crippen molar-refractivity contribution in [3.8, 4) is 0 Å². The maximum atomic E-state index is 14.3. The fraction of sp³-hybridized carbons (Fsp3) is 0.323. The van der Waals surface area contributed by atoms with Crippen molar-refractivity contribution in [1.29, 1.82) is 0 Å². The first-order valence-electron chi connectivity index (χ1n) is 14.3. The van der Waals surface area contributed by atoms with Crippen LogP contribution in [0.5, 0.6) is 0 Å². The molecule has 0 aromatic heterocycles. The van der Waals surface area contributed by atoms with Crippen molar-refractivity contribution in [2.75, 3.05) is 6.26 Å². The zero-order valence-electron chi connectivity index (χ0n) is 24.3. The van der Waals surface area contributed by atoms with Gasteiger partial charge in [-0.1, -0.05) is 83.7 Å². The van der Waals surface area contributed by atoms with Crippen LogP contribution >= 0.6 is 23.2 Å². The smallest absolute Gasteiger partial charge is 0.255 e. The molecule has 0 saturated heterocycles. The van der Waals surface area contributed by atoms with E-state index in [4.69, 9.17) is 39.0 Å². The average Bonchev–Trinajstić information content (AvgIpc) is 3.00. The lowest BCUT2D eigenvalue weighted by Gasteiger charge is -2.49. The van der Waals surface area contributed by atoms with Gasteiger partial charge in [-0.3, -0.25) is 14.4 Å². The molecule has 238 valence electrons. The highest BCUT2D eigenvalue weighted by Crippen LogP contribution is 2.47. The molecule has 1 aliphatic heterocycles. The van der Waals surface area contributed by atoms with Gasteiger partial charge in [0.1, 0.15) is 0 Å². The first-order chi connectivity index (χ1) is 21.5. The Kier molecular flexibility index (Phi) is 10.00. The van der Waals surface area contributed by atoms with Gasteiger partial charge >= 0.3 is 0 Å². The number of nitrogens with two attached hydrogens (primary N) is 1. The van der Waals surface area contributed by atoms with E-state index >= 15 is 0 Å². The minimum atomic E-state index is -3.61. The second-order valence-corrected chi connectivity index (χ2v) is 13.8. The second kappa shape index (κ2) is 13.8. The summed E-state index contributed by atoms with van der Waals surface area (Å²) < 4.78 is 27.5. The number of amides is 2. The molecule has 0 radical (unpaired) electrons. The normalized spacial score (nSPS) is 22.2. The van der Waals surface area contributed by atoms with Crippen molar-refractivity contribution in [3.05, 3.63) is 105 Å². The summed E-state index contributed by atoms with van der Waals surface area (Å²) in [6.07, 6.45) is 3.68. The number of amidine groups is 1. The number of sulfonamides is 1. The van der Waals surface area contributed by atoms with Crippen LogP contribution in [0.4, 0.5) is 0 Å². The Morgan fingerprint density at radius 3 is 2.56 bits per heavy atom. The molecule has 1 saturated carbocycles. The van der Waals surface area contributed by atoms with E-state index in [1.807, 2.05) is 0 Å². The molecule has 0 unspecified atom stereocenters. The van der Waals surface area contributed by atoms with Gasteiger partial charge in [-0.05, 0) is 53.8 Å². The quantitative estimate of drug-likeness (QED) is 0.113. The van der Waals surface area contributed by atoms with Crippen molar-refractivity contribution >= 4 is 50.9 Å².